The second-order valence-corrected chi connectivity index (χ2v) is 9.24. The third kappa shape index (κ3) is 3.83. The van der Waals surface area contributed by atoms with Crippen LogP contribution in [0.4, 0.5) is 0 Å². The molecule has 0 aliphatic carbocycles. The largest absolute Gasteiger partial charge is 0.316 e. The Bertz CT molecular complexity index is 1060. The van der Waals surface area contributed by atoms with Gasteiger partial charge in [-0.2, -0.15) is 8.42 Å². The second kappa shape index (κ2) is 7.35. The number of fused-ring (bicyclic) bond motifs is 1. The fraction of sp³-hybridized carbons (Fsp3) is 0.278. The summed E-state index contributed by atoms with van der Waals surface area (Å²) in [6, 6.07) is 13.0. The number of rotatable bonds is 5. The lowest BCUT2D eigenvalue weighted by Gasteiger charge is -2.04. The van der Waals surface area contributed by atoms with Crippen molar-refractivity contribution in [2.24, 2.45) is 4.40 Å². The van der Waals surface area contributed by atoms with Gasteiger partial charge < -0.3 is 4.57 Å². The summed E-state index contributed by atoms with van der Waals surface area (Å²) in [6.45, 7) is 4.74. The lowest BCUT2D eigenvalue weighted by molar-refractivity contribution is 0.594. The van der Waals surface area contributed by atoms with Crippen molar-refractivity contribution < 1.29 is 8.42 Å². The van der Waals surface area contributed by atoms with Crippen molar-refractivity contribution >= 4 is 43.3 Å². The van der Waals surface area contributed by atoms with Gasteiger partial charge in [0.1, 0.15) is 0 Å². The van der Waals surface area contributed by atoms with Crippen LogP contribution in [0.1, 0.15) is 18.9 Å². The number of aryl methyl sites for hydroxylation is 2. The van der Waals surface area contributed by atoms with Gasteiger partial charge in [-0.15, -0.1) is 16.2 Å². The predicted octanol–water partition coefficient (Wildman–Crippen LogP) is 4.43. The molecule has 0 bridgehead atoms. The van der Waals surface area contributed by atoms with Gasteiger partial charge >= 0.3 is 0 Å². The first kappa shape index (κ1) is 18.2. The first-order chi connectivity index (χ1) is 11.9. The summed E-state index contributed by atoms with van der Waals surface area (Å²) in [5.41, 5.74) is 2.05. The minimum atomic E-state index is -3.72. The monoisotopic (exact) mass is 392 g/mol. The number of benzene rings is 2. The lowest BCUT2D eigenvalue weighted by Crippen LogP contribution is -2.17. The molecule has 0 saturated heterocycles. The van der Waals surface area contributed by atoms with Gasteiger partial charge in [0.2, 0.25) is 4.80 Å². The molecule has 0 aliphatic heterocycles. The Morgan fingerprint density at radius 3 is 2.52 bits per heavy atom. The van der Waals surface area contributed by atoms with Crippen LogP contribution in [-0.4, -0.2) is 19.2 Å². The Morgan fingerprint density at radius 2 is 1.88 bits per heavy atom. The molecule has 4 nitrogen and oxygen atoms in total. The predicted molar refractivity (Wildman–Crippen MR) is 106 cm³/mol. The number of thiazole rings is 1. The van der Waals surface area contributed by atoms with Crippen LogP contribution in [-0.2, 0) is 16.6 Å². The molecule has 2 aromatic carbocycles. The van der Waals surface area contributed by atoms with Gasteiger partial charge in [0.05, 0.1) is 15.1 Å². The Balaban J connectivity index is 2.20. The van der Waals surface area contributed by atoms with E-state index in [1.165, 1.54) is 11.3 Å². The molecule has 0 unspecified atom stereocenters. The highest BCUT2D eigenvalue weighted by Crippen LogP contribution is 2.24. The highest BCUT2D eigenvalue weighted by molar-refractivity contribution is 7.98. The molecule has 0 aliphatic rings. The minimum Gasteiger partial charge on any atom is -0.316 e. The van der Waals surface area contributed by atoms with E-state index in [4.69, 9.17) is 0 Å². The van der Waals surface area contributed by atoms with Crippen molar-refractivity contribution in [3.05, 3.63) is 52.8 Å². The SMILES string of the molecule is CCCn1/c(=N/S(=O)(=O)c2ccc(C)cc2)sc2cc(SC)ccc21. The zero-order chi connectivity index (χ0) is 18.0. The number of nitrogens with zero attached hydrogens (tertiary/aromatic N) is 2. The van der Waals surface area contributed by atoms with Crippen LogP contribution in [0.3, 0.4) is 0 Å². The van der Waals surface area contributed by atoms with E-state index >= 15 is 0 Å². The lowest BCUT2D eigenvalue weighted by atomic mass is 10.2. The van der Waals surface area contributed by atoms with Crippen LogP contribution in [0.15, 0.2) is 56.7 Å². The van der Waals surface area contributed by atoms with Crippen molar-refractivity contribution in [2.75, 3.05) is 6.26 Å². The van der Waals surface area contributed by atoms with Gasteiger partial charge in [-0.1, -0.05) is 36.0 Å². The first-order valence-electron chi connectivity index (χ1n) is 7.99. The zero-order valence-corrected chi connectivity index (χ0v) is 16.8. The summed E-state index contributed by atoms with van der Waals surface area (Å²) < 4.78 is 32.6. The standard InChI is InChI=1S/C18H20N2O2S3/c1-4-11-20-16-10-7-14(23-3)12-17(16)24-18(20)19-25(21,22)15-8-5-13(2)6-9-15/h5-10,12H,4,11H2,1-3H3/b19-18-. The summed E-state index contributed by atoms with van der Waals surface area (Å²) in [4.78, 5) is 1.91. The van der Waals surface area contributed by atoms with Crippen LogP contribution in [0, 0.1) is 6.92 Å². The van der Waals surface area contributed by atoms with Gasteiger partial charge in [0.15, 0.2) is 0 Å². The number of hydrogen-bond acceptors (Lipinski definition) is 4. The maximum atomic E-state index is 12.7. The van der Waals surface area contributed by atoms with E-state index in [0.717, 1.165) is 33.6 Å². The van der Waals surface area contributed by atoms with Crippen LogP contribution < -0.4 is 4.80 Å². The summed E-state index contributed by atoms with van der Waals surface area (Å²) in [5.74, 6) is 0. The van der Waals surface area contributed by atoms with E-state index < -0.39 is 10.0 Å². The van der Waals surface area contributed by atoms with E-state index in [1.807, 2.05) is 23.8 Å². The van der Waals surface area contributed by atoms with E-state index in [-0.39, 0.29) is 4.90 Å². The number of aromatic nitrogens is 1. The maximum absolute atomic E-state index is 12.7. The molecule has 3 aromatic rings. The summed E-state index contributed by atoms with van der Waals surface area (Å²) in [6.07, 6.45) is 2.94. The Morgan fingerprint density at radius 1 is 1.16 bits per heavy atom. The third-order valence-corrected chi connectivity index (χ3v) is 7.02. The van der Waals surface area contributed by atoms with Crippen molar-refractivity contribution in [2.45, 2.75) is 36.6 Å². The molecule has 7 heteroatoms. The first-order valence-corrected chi connectivity index (χ1v) is 11.5. The molecule has 1 aromatic heterocycles. The van der Waals surface area contributed by atoms with Crippen molar-refractivity contribution in [3.63, 3.8) is 0 Å². The van der Waals surface area contributed by atoms with Crippen LogP contribution >= 0.6 is 23.1 Å². The number of sulfonamides is 1. The molecule has 0 atom stereocenters. The summed E-state index contributed by atoms with van der Waals surface area (Å²) in [7, 11) is -3.72. The average Bonchev–Trinajstić information content (AvgIpc) is 2.91. The average molecular weight is 393 g/mol. The van der Waals surface area contributed by atoms with Gasteiger partial charge in [-0.25, -0.2) is 0 Å². The molecule has 1 heterocycles. The molecule has 0 N–H and O–H groups in total. The van der Waals surface area contributed by atoms with Gasteiger partial charge in [0, 0.05) is 11.4 Å². The topological polar surface area (TPSA) is 51.4 Å². The quantitative estimate of drug-likeness (QED) is 0.604. The molecule has 0 amide bonds. The summed E-state index contributed by atoms with van der Waals surface area (Å²) in [5, 5.41) is 0. The van der Waals surface area contributed by atoms with Gasteiger partial charge in [-0.05, 0) is 49.9 Å². The number of hydrogen-bond donors (Lipinski definition) is 0. The van der Waals surface area contributed by atoms with Gasteiger partial charge in [0.25, 0.3) is 10.0 Å². The smallest absolute Gasteiger partial charge is 0.285 e. The van der Waals surface area contributed by atoms with Crippen LogP contribution in [0.25, 0.3) is 10.2 Å². The molecular formula is C18H20N2O2S3. The molecule has 3 rings (SSSR count). The molecule has 25 heavy (non-hydrogen) atoms. The molecule has 0 radical (unpaired) electrons. The highest BCUT2D eigenvalue weighted by Gasteiger charge is 2.14. The zero-order valence-electron chi connectivity index (χ0n) is 14.4. The van der Waals surface area contributed by atoms with E-state index in [2.05, 4.69) is 23.5 Å². The fourth-order valence-electron chi connectivity index (χ4n) is 2.56. The minimum absolute atomic E-state index is 0.225. The van der Waals surface area contributed by atoms with Crippen molar-refractivity contribution in [1.29, 1.82) is 0 Å². The summed E-state index contributed by atoms with van der Waals surface area (Å²) >= 11 is 3.09. The molecule has 0 spiro atoms. The maximum Gasteiger partial charge on any atom is 0.285 e. The van der Waals surface area contributed by atoms with Crippen molar-refractivity contribution in [3.8, 4) is 0 Å². The van der Waals surface area contributed by atoms with Crippen LogP contribution in [0.2, 0.25) is 0 Å². The van der Waals surface area contributed by atoms with E-state index in [0.29, 0.717) is 4.80 Å². The van der Waals surface area contributed by atoms with E-state index in [1.54, 1.807) is 36.0 Å². The Labute approximate surface area is 156 Å². The Kier molecular flexibility index (Phi) is 5.36. The highest BCUT2D eigenvalue weighted by atomic mass is 32.2. The number of thioether (sulfide) groups is 1. The van der Waals surface area contributed by atoms with E-state index in [9.17, 15) is 8.42 Å². The second-order valence-electron chi connectivity index (χ2n) is 5.75. The van der Waals surface area contributed by atoms with Crippen molar-refractivity contribution in [1.82, 2.24) is 4.57 Å². The van der Waals surface area contributed by atoms with Crippen LogP contribution in [0.5, 0.6) is 0 Å². The molecule has 132 valence electrons. The molecular weight excluding hydrogens is 372 g/mol. The molecule has 0 fully saturated rings. The fourth-order valence-corrected chi connectivity index (χ4v) is 5.37. The van der Waals surface area contributed by atoms with Gasteiger partial charge in [-0.3, -0.25) is 0 Å². The normalized spacial score (nSPS) is 12.8. The third-order valence-electron chi connectivity index (χ3n) is 3.85. The Hall–Kier alpha value is -1.57. The molecule has 0 saturated carbocycles.